The predicted octanol–water partition coefficient (Wildman–Crippen LogP) is 12.4. The maximum absolute atomic E-state index is 12.8. The molecule has 1 rings (SSSR count). The van der Waals surface area contributed by atoms with Crippen LogP contribution in [0, 0.1) is 0 Å². The van der Waals surface area contributed by atoms with E-state index in [-0.39, 0.29) is 26.1 Å². The molecule has 11 nitrogen and oxygen atoms in total. The van der Waals surface area contributed by atoms with Crippen molar-refractivity contribution in [1.29, 1.82) is 0 Å². The van der Waals surface area contributed by atoms with Crippen LogP contribution >= 0.6 is 0 Å². The van der Waals surface area contributed by atoms with Crippen molar-refractivity contribution in [2.45, 2.75) is 288 Å². The molecule has 1 aliphatic heterocycles. The van der Waals surface area contributed by atoms with E-state index >= 15 is 0 Å². The Hall–Kier alpha value is -2.05. The molecular formula is C52H96O11. The first kappa shape index (κ1) is 59.0. The number of hydrogen-bond donors (Lipinski definition) is 4. The normalized spacial score (nSPS) is 19.4. The van der Waals surface area contributed by atoms with E-state index in [0.29, 0.717) is 12.8 Å². The summed E-state index contributed by atoms with van der Waals surface area (Å²) in [6, 6.07) is 0. The van der Waals surface area contributed by atoms with Crippen LogP contribution in [-0.2, 0) is 33.3 Å². The molecule has 0 amide bonds. The fourth-order valence-corrected chi connectivity index (χ4v) is 8.23. The summed E-state index contributed by atoms with van der Waals surface area (Å²) < 4.78 is 21.8. The average Bonchev–Trinajstić information content (AvgIpc) is 3.27. The zero-order valence-corrected chi connectivity index (χ0v) is 40.3. The molecule has 370 valence electrons. The van der Waals surface area contributed by atoms with Gasteiger partial charge in [-0.3, -0.25) is 9.59 Å². The Kier molecular flexibility index (Phi) is 39.9. The van der Waals surface area contributed by atoms with Gasteiger partial charge in [-0.25, -0.2) is 4.79 Å². The predicted molar refractivity (Wildman–Crippen MR) is 252 cm³/mol. The number of unbranched alkanes of at least 4 members (excludes halogenated alkanes) is 32. The maximum atomic E-state index is 12.8. The number of carbonyl (C=O) groups excluding carboxylic acids is 2. The van der Waals surface area contributed by atoms with Crippen molar-refractivity contribution in [3.63, 3.8) is 0 Å². The zero-order chi connectivity index (χ0) is 46.0. The molecule has 0 bridgehead atoms. The van der Waals surface area contributed by atoms with Gasteiger partial charge in [0.1, 0.15) is 24.9 Å². The highest BCUT2D eigenvalue weighted by Crippen LogP contribution is 2.23. The third-order valence-electron chi connectivity index (χ3n) is 12.4. The largest absolute Gasteiger partial charge is 0.479 e. The first-order chi connectivity index (χ1) is 30.7. The quantitative estimate of drug-likeness (QED) is 0.0261. The van der Waals surface area contributed by atoms with Crippen LogP contribution < -0.4 is 0 Å². The molecule has 0 aromatic heterocycles. The summed E-state index contributed by atoms with van der Waals surface area (Å²) in [6.07, 6.45) is 38.3. The van der Waals surface area contributed by atoms with Gasteiger partial charge in [-0.2, -0.15) is 0 Å². The molecule has 0 saturated carbocycles. The number of allylic oxidation sites excluding steroid dienone is 2. The average molecular weight is 897 g/mol. The molecule has 1 saturated heterocycles. The second-order valence-corrected chi connectivity index (χ2v) is 18.4. The van der Waals surface area contributed by atoms with Crippen molar-refractivity contribution in [2.24, 2.45) is 0 Å². The van der Waals surface area contributed by atoms with Crippen molar-refractivity contribution in [3.05, 3.63) is 12.2 Å². The summed E-state index contributed by atoms with van der Waals surface area (Å²) in [7, 11) is 0. The minimum atomic E-state index is -1.86. The van der Waals surface area contributed by atoms with Crippen molar-refractivity contribution < 1.29 is 53.8 Å². The molecule has 4 N–H and O–H groups in total. The maximum Gasteiger partial charge on any atom is 0.335 e. The SMILES string of the molecule is CCCCCCCCCC/C=C\CCCCCCCCCCCC(=O)OCC(COC1OC(C(=O)O)C(O)C(O)C1O)OC(=O)CCCCCCCCCCCCCCCCCC. The van der Waals surface area contributed by atoms with Crippen molar-refractivity contribution >= 4 is 17.9 Å². The molecule has 63 heavy (non-hydrogen) atoms. The molecule has 0 aromatic rings. The Labute approximate surface area is 384 Å². The lowest BCUT2D eigenvalue weighted by molar-refractivity contribution is -0.298. The van der Waals surface area contributed by atoms with Crippen LogP contribution in [0.25, 0.3) is 0 Å². The zero-order valence-electron chi connectivity index (χ0n) is 40.3. The third kappa shape index (κ3) is 34.0. The second kappa shape index (κ2) is 42.6. The lowest BCUT2D eigenvalue weighted by Crippen LogP contribution is -2.60. The van der Waals surface area contributed by atoms with Crippen LogP contribution in [0.4, 0.5) is 0 Å². The van der Waals surface area contributed by atoms with E-state index in [2.05, 4.69) is 26.0 Å². The van der Waals surface area contributed by atoms with Crippen LogP contribution in [0.2, 0.25) is 0 Å². The Morgan fingerprint density at radius 1 is 0.476 bits per heavy atom. The standard InChI is InChI=1S/C52H96O11/c1-3-5-7-9-11-13-15-17-19-21-22-23-24-25-27-28-30-32-34-36-38-40-45(53)60-42-44(43-61-52-49(57)47(55)48(56)50(63-52)51(58)59)62-46(54)41-39-37-35-33-31-29-26-20-18-16-14-12-10-8-6-4-2/h21-22,44,47-50,52,55-57H,3-20,23-43H2,1-2H3,(H,58,59)/b22-21-. The van der Waals surface area contributed by atoms with Gasteiger partial charge in [0.2, 0.25) is 0 Å². The second-order valence-electron chi connectivity index (χ2n) is 18.4. The van der Waals surface area contributed by atoms with Crippen molar-refractivity contribution in [3.8, 4) is 0 Å². The first-order valence-corrected chi connectivity index (χ1v) is 26.2. The molecule has 0 aromatic carbocycles. The summed E-state index contributed by atoms with van der Waals surface area (Å²) in [4.78, 5) is 37.0. The summed E-state index contributed by atoms with van der Waals surface area (Å²) in [5.74, 6) is -2.43. The van der Waals surface area contributed by atoms with Crippen molar-refractivity contribution in [1.82, 2.24) is 0 Å². The number of carbonyl (C=O) groups is 3. The number of carboxylic acids is 1. The van der Waals surface area contributed by atoms with E-state index in [1.54, 1.807) is 0 Å². The van der Waals surface area contributed by atoms with Gasteiger partial charge in [-0.1, -0.05) is 212 Å². The molecule has 1 aliphatic rings. The lowest BCUT2D eigenvalue weighted by Gasteiger charge is -2.38. The smallest absolute Gasteiger partial charge is 0.335 e. The van der Waals surface area contributed by atoms with Gasteiger partial charge in [0.25, 0.3) is 0 Å². The molecule has 0 radical (unpaired) electrons. The Balaban J connectivity index is 2.27. The minimum absolute atomic E-state index is 0.189. The molecule has 1 heterocycles. The number of aliphatic carboxylic acids is 1. The van der Waals surface area contributed by atoms with Gasteiger partial charge in [-0.15, -0.1) is 0 Å². The Bertz CT molecular complexity index is 1100. The van der Waals surface area contributed by atoms with Crippen LogP contribution in [0.1, 0.15) is 251 Å². The fourth-order valence-electron chi connectivity index (χ4n) is 8.23. The van der Waals surface area contributed by atoms with Gasteiger partial charge in [-0.05, 0) is 38.5 Å². The molecule has 0 aliphatic carbocycles. The van der Waals surface area contributed by atoms with Gasteiger partial charge in [0, 0.05) is 12.8 Å². The summed E-state index contributed by atoms with van der Waals surface area (Å²) in [6.45, 7) is 3.85. The first-order valence-electron chi connectivity index (χ1n) is 26.2. The van der Waals surface area contributed by atoms with E-state index in [4.69, 9.17) is 18.9 Å². The molecule has 0 spiro atoms. The number of carboxylic acid groups (broad SMARTS) is 1. The molecule has 11 heteroatoms. The third-order valence-corrected chi connectivity index (χ3v) is 12.4. The molecule has 1 fully saturated rings. The Morgan fingerprint density at radius 3 is 1.24 bits per heavy atom. The number of hydrogen-bond acceptors (Lipinski definition) is 10. The summed E-state index contributed by atoms with van der Waals surface area (Å²) >= 11 is 0. The van der Waals surface area contributed by atoms with E-state index in [0.717, 1.165) is 38.5 Å². The molecular weight excluding hydrogens is 801 g/mol. The number of ether oxygens (including phenoxy) is 4. The van der Waals surface area contributed by atoms with Crippen LogP contribution in [-0.4, -0.2) is 88.4 Å². The number of rotatable bonds is 45. The summed E-state index contributed by atoms with van der Waals surface area (Å²) in [5.41, 5.74) is 0. The van der Waals surface area contributed by atoms with Gasteiger partial charge in [0.15, 0.2) is 18.5 Å². The van der Waals surface area contributed by atoms with Gasteiger partial charge < -0.3 is 39.4 Å². The monoisotopic (exact) mass is 897 g/mol. The van der Waals surface area contributed by atoms with Crippen LogP contribution in [0.3, 0.4) is 0 Å². The van der Waals surface area contributed by atoms with Crippen LogP contribution in [0.15, 0.2) is 12.2 Å². The van der Waals surface area contributed by atoms with Gasteiger partial charge in [0.05, 0.1) is 6.61 Å². The number of esters is 2. The van der Waals surface area contributed by atoms with E-state index in [1.165, 1.54) is 173 Å². The molecule has 6 unspecified atom stereocenters. The topological polar surface area (TPSA) is 169 Å². The minimum Gasteiger partial charge on any atom is -0.479 e. The molecule has 6 atom stereocenters. The Morgan fingerprint density at radius 2 is 0.841 bits per heavy atom. The highest BCUT2D eigenvalue weighted by atomic mass is 16.7. The lowest BCUT2D eigenvalue weighted by atomic mass is 9.99. The van der Waals surface area contributed by atoms with E-state index < -0.39 is 54.7 Å². The van der Waals surface area contributed by atoms with Crippen molar-refractivity contribution in [2.75, 3.05) is 13.2 Å². The van der Waals surface area contributed by atoms with Gasteiger partial charge >= 0.3 is 17.9 Å². The summed E-state index contributed by atoms with van der Waals surface area (Å²) in [5, 5.41) is 39.9. The number of aliphatic hydroxyl groups excluding tert-OH is 3. The number of aliphatic hydroxyl groups is 3. The highest BCUT2D eigenvalue weighted by molar-refractivity contribution is 5.73. The highest BCUT2D eigenvalue weighted by Gasteiger charge is 2.47. The van der Waals surface area contributed by atoms with E-state index in [1.807, 2.05) is 0 Å². The fraction of sp³-hybridized carbons (Fsp3) is 0.904. The van der Waals surface area contributed by atoms with Crippen LogP contribution in [0.5, 0.6) is 0 Å². The van der Waals surface area contributed by atoms with E-state index in [9.17, 15) is 34.8 Å².